The highest BCUT2D eigenvalue weighted by Gasteiger charge is 2.34. The van der Waals surface area contributed by atoms with Crippen LogP contribution in [0.15, 0.2) is 6.20 Å². The van der Waals surface area contributed by atoms with Gasteiger partial charge in [-0.2, -0.15) is 0 Å². The molecule has 0 saturated heterocycles. The molecule has 0 aliphatic carbocycles. The Morgan fingerprint density at radius 2 is 2.00 bits per heavy atom. The molecule has 0 spiro atoms. The minimum atomic E-state index is -5.14. The molecule has 16 heavy (non-hydrogen) atoms. The second kappa shape index (κ2) is 4.60. The average molecular weight is 243 g/mol. The molecule has 0 saturated carbocycles. The van der Waals surface area contributed by atoms with E-state index in [-0.39, 0.29) is 0 Å². The van der Waals surface area contributed by atoms with Crippen LogP contribution in [-0.2, 0) is 13.3 Å². The van der Waals surface area contributed by atoms with Gasteiger partial charge in [0.25, 0.3) is 0 Å². The number of aliphatic hydroxyl groups is 1. The molecule has 0 fully saturated rings. The van der Waals surface area contributed by atoms with E-state index in [1.807, 2.05) is 0 Å². The van der Waals surface area contributed by atoms with Gasteiger partial charge in [-0.15, -0.1) is 13.2 Å². The fourth-order valence-electron chi connectivity index (χ4n) is 0.969. The van der Waals surface area contributed by atoms with E-state index in [1.54, 1.807) is 0 Å². The first kappa shape index (κ1) is 12.6. The van der Waals surface area contributed by atoms with Gasteiger partial charge in [0.05, 0.1) is 6.61 Å². The number of ether oxygens (including phenoxy) is 1. The van der Waals surface area contributed by atoms with Crippen LogP contribution in [0.25, 0.3) is 0 Å². The first-order valence-corrected chi connectivity index (χ1v) is 3.98. The smallest absolute Gasteiger partial charge is 0.401 e. The van der Waals surface area contributed by atoms with Gasteiger partial charge < -0.3 is 9.84 Å². The molecule has 1 aromatic heterocycles. The molecule has 0 unspecified atom stereocenters. The van der Waals surface area contributed by atoms with Crippen LogP contribution < -0.4 is 4.74 Å². The van der Waals surface area contributed by atoms with Crippen molar-refractivity contribution in [2.45, 2.75) is 19.6 Å². The van der Waals surface area contributed by atoms with E-state index in [1.165, 1.54) is 0 Å². The van der Waals surface area contributed by atoms with Crippen molar-refractivity contribution < 1.29 is 31.8 Å². The molecular weight excluding hydrogens is 237 g/mol. The highest BCUT2D eigenvalue weighted by atomic mass is 19.4. The van der Waals surface area contributed by atoms with Crippen molar-refractivity contribution in [1.82, 2.24) is 4.98 Å². The summed E-state index contributed by atoms with van der Waals surface area (Å²) >= 11 is 0. The number of alkyl halides is 4. The maximum Gasteiger partial charge on any atom is 0.573 e. The molecule has 0 aromatic carbocycles. The van der Waals surface area contributed by atoms with Crippen molar-refractivity contribution in [2.24, 2.45) is 0 Å². The maximum absolute atomic E-state index is 13.2. The Balaban J connectivity index is 3.21. The van der Waals surface area contributed by atoms with E-state index in [9.17, 15) is 22.0 Å². The number of hydrogen-bond acceptors (Lipinski definition) is 3. The SMILES string of the molecule is OCc1ncc(CF)c(F)c1OC(F)(F)F. The standard InChI is InChI=1S/C8H6F5NO2/c9-1-4-2-14-5(3-15)7(6(4)10)16-8(11,12)13/h2,15H,1,3H2. The van der Waals surface area contributed by atoms with E-state index >= 15 is 0 Å². The van der Waals surface area contributed by atoms with E-state index in [2.05, 4.69) is 9.72 Å². The summed E-state index contributed by atoms with van der Waals surface area (Å²) < 4.78 is 64.4. The Hall–Kier alpha value is -1.44. The number of aliphatic hydroxyl groups excluding tert-OH is 1. The highest BCUT2D eigenvalue weighted by Crippen LogP contribution is 2.30. The normalized spacial score (nSPS) is 11.6. The van der Waals surface area contributed by atoms with Crippen LogP contribution in [0, 0.1) is 5.82 Å². The summed E-state index contributed by atoms with van der Waals surface area (Å²) in [4.78, 5) is 3.26. The lowest BCUT2D eigenvalue weighted by atomic mass is 10.2. The Labute approximate surface area is 86.5 Å². The zero-order valence-corrected chi connectivity index (χ0v) is 7.68. The molecule has 90 valence electrons. The first-order chi connectivity index (χ1) is 7.39. The largest absolute Gasteiger partial charge is 0.573 e. The van der Waals surface area contributed by atoms with E-state index in [4.69, 9.17) is 5.11 Å². The monoisotopic (exact) mass is 243 g/mol. The summed E-state index contributed by atoms with van der Waals surface area (Å²) in [6.07, 6.45) is -4.44. The van der Waals surface area contributed by atoms with Gasteiger partial charge in [0.15, 0.2) is 11.6 Å². The highest BCUT2D eigenvalue weighted by molar-refractivity contribution is 5.33. The molecular formula is C8H6F5NO2. The number of aromatic nitrogens is 1. The van der Waals surface area contributed by atoms with Gasteiger partial charge in [0.1, 0.15) is 12.4 Å². The minimum Gasteiger partial charge on any atom is -0.401 e. The molecule has 0 bridgehead atoms. The van der Waals surface area contributed by atoms with Gasteiger partial charge in [-0.1, -0.05) is 0 Å². The van der Waals surface area contributed by atoms with Crippen molar-refractivity contribution in [1.29, 1.82) is 0 Å². The maximum atomic E-state index is 13.2. The fraction of sp³-hybridized carbons (Fsp3) is 0.375. The molecule has 0 aliphatic heterocycles. The summed E-state index contributed by atoms with van der Waals surface area (Å²) in [5.74, 6) is -2.82. The summed E-state index contributed by atoms with van der Waals surface area (Å²) in [5, 5.41) is 8.63. The summed E-state index contributed by atoms with van der Waals surface area (Å²) in [6.45, 7) is -2.27. The van der Waals surface area contributed by atoms with Crippen molar-refractivity contribution in [3.63, 3.8) is 0 Å². The first-order valence-electron chi connectivity index (χ1n) is 3.98. The summed E-state index contributed by atoms with van der Waals surface area (Å²) in [5.41, 5.74) is -1.32. The third-order valence-corrected chi connectivity index (χ3v) is 1.63. The molecule has 0 aliphatic rings. The van der Waals surface area contributed by atoms with Crippen LogP contribution in [0.5, 0.6) is 5.75 Å². The topological polar surface area (TPSA) is 42.4 Å². The molecule has 3 nitrogen and oxygen atoms in total. The van der Waals surface area contributed by atoms with Gasteiger partial charge in [0.2, 0.25) is 0 Å². The van der Waals surface area contributed by atoms with Crippen molar-refractivity contribution in [3.8, 4) is 5.75 Å². The minimum absolute atomic E-state index is 0.646. The number of halogens is 5. The second-order valence-corrected chi connectivity index (χ2v) is 2.71. The molecule has 8 heteroatoms. The average Bonchev–Trinajstić information content (AvgIpc) is 2.19. The van der Waals surface area contributed by atoms with Crippen LogP contribution in [0.2, 0.25) is 0 Å². The molecule has 1 heterocycles. The predicted molar refractivity (Wildman–Crippen MR) is 41.6 cm³/mol. The van der Waals surface area contributed by atoms with Crippen LogP contribution in [-0.4, -0.2) is 16.5 Å². The third-order valence-electron chi connectivity index (χ3n) is 1.63. The molecule has 0 radical (unpaired) electrons. The fourth-order valence-corrected chi connectivity index (χ4v) is 0.969. The summed E-state index contributed by atoms with van der Waals surface area (Å²) in [6, 6.07) is 0. The van der Waals surface area contributed by atoms with Crippen molar-refractivity contribution in [3.05, 3.63) is 23.3 Å². The lowest BCUT2D eigenvalue weighted by Crippen LogP contribution is -2.20. The van der Waals surface area contributed by atoms with Gasteiger partial charge in [-0.05, 0) is 0 Å². The van der Waals surface area contributed by atoms with Gasteiger partial charge in [0, 0.05) is 11.8 Å². The quantitative estimate of drug-likeness (QED) is 0.826. The lowest BCUT2D eigenvalue weighted by molar-refractivity contribution is -0.276. The zero-order chi connectivity index (χ0) is 12.3. The number of pyridine rings is 1. The van der Waals surface area contributed by atoms with E-state index < -0.39 is 42.5 Å². The van der Waals surface area contributed by atoms with Crippen LogP contribution in [0.3, 0.4) is 0 Å². The van der Waals surface area contributed by atoms with E-state index in [0.717, 1.165) is 0 Å². The molecule has 1 aromatic rings. The molecule has 0 amide bonds. The zero-order valence-electron chi connectivity index (χ0n) is 7.68. The summed E-state index contributed by atoms with van der Waals surface area (Å²) in [7, 11) is 0. The Morgan fingerprint density at radius 3 is 2.44 bits per heavy atom. The van der Waals surface area contributed by atoms with E-state index in [0.29, 0.717) is 6.20 Å². The second-order valence-electron chi connectivity index (χ2n) is 2.71. The third kappa shape index (κ3) is 2.78. The molecule has 0 atom stereocenters. The molecule has 1 rings (SSSR count). The Kier molecular flexibility index (Phi) is 3.63. The lowest BCUT2D eigenvalue weighted by Gasteiger charge is -2.13. The van der Waals surface area contributed by atoms with Crippen molar-refractivity contribution in [2.75, 3.05) is 0 Å². The van der Waals surface area contributed by atoms with Crippen LogP contribution in [0.4, 0.5) is 22.0 Å². The predicted octanol–water partition coefficient (Wildman–Crippen LogP) is 2.08. The van der Waals surface area contributed by atoms with Crippen molar-refractivity contribution >= 4 is 0 Å². The Bertz CT molecular complexity index is 379. The number of rotatable bonds is 3. The Morgan fingerprint density at radius 1 is 1.38 bits per heavy atom. The van der Waals surface area contributed by atoms with Gasteiger partial charge >= 0.3 is 6.36 Å². The van der Waals surface area contributed by atoms with Gasteiger partial charge in [-0.25, -0.2) is 8.78 Å². The number of nitrogens with zero attached hydrogens (tertiary/aromatic N) is 1. The molecule has 1 N–H and O–H groups in total. The van der Waals surface area contributed by atoms with Crippen LogP contribution >= 0.6 is 0 Å². The van der Waals surface area contributed by atoms with Gasteiger partial charge in [-0.3, -0.25) is 4.98 Å². The van der Waals surface area contributed by atoms with Crippen LogP contribution in [0.1, 0.15) is 11.3 Å². The number of hydrogen-bond donors (Lipinski definition) is 1.